The molecule has 3 rings (SSSR count). The molecule has 0 aliphatic heterocycles. The lowest BCUT2D eigenvalue weighted by Crippen LogP contribution is -2.12. The van der Waals surface area contributed by atoms with Crippen LogP contribution in [0, 0.1) is 11.6 Å². The SMILES string of the molecule is O=C(Nc1ccc(F)c(F)c1)c1coc(-c2ccc(Cl)c(Cl)c2)n1. The molecule has 3 aromatic rings. The van der Waals surface area contributed by atoms with Crippen LogP contribution in [0.5, 0.6) is 0 Å². The minimum absolute atomic E-state index is 0.0270. The highest BCUT2D eigenvalue weighted by molar-refractivity contribution is 6.42. The van der Waals surface area contributed by atoms with Gasteiger partial charge in [0, 0.05) is 17.3 Å². The summed E-state index contributed by atoms with van der Waals surface area (Å²) in [5, 5.41) is 3.09. The molecule has 0 saturated heterocycles. The maximum atomic E-state index is 13.1. The van der Waals surface area contributed by atoms with Crippen LogP contribution in [0.15, 0.2) is 47.1 Å². The first-order valence-electron chi connectivity index (χ1n) is 6.61. The van der Waals surface area contributed by atoms with Gasteiger partial charge in [0.05, 0.1) is 10.0 Å². The average molecular weight is 369 g/mol. The van der Waals surface area contributed by atoms with Gasteiger partial charge in [-0.15, -0.1) is 0 Å². The molecule has 1 aromatic heterocycles. The number of benzene rings is 2. The number of oxazole rings is 1. The summed E-state index contributed by atoms with van der Waals surface area (Å²) in [7, 11) is 0. The summed E-state index contributed by atoms with van der Waals surface area (Å²) < 4.78 is 31.3. The van der Waals surface area contributed by atoms with Crippen LogP contribution < -0.4 is 5.32 Å². The van der Waals surface area contributed by atoms with Crippen molar-refractivity contribution in [2.45, 2.75) is 0 Å². The van der Waals surface area contributed by atoms with Crippen LogP contribution in [0.25, 0.3) is 11.5 Å². The maximum absolute atomic E-state index is 13.1. The van der Waals surface area contributed by atoms with E-state index >= 15 is 0 Å². The van der Waals surface area contributed by atoms with Gasteiger partial charge in [-0.25, -0.2) is 13.8 Å². The predicted molar refractivity (Wildman–Crippen MR) is 86.3 cm³/mol. The Morgan fingerprint density at radius 2 is 1.83 bits per heavy atom. The Kier molecular flexibility index (Phi) is 4.51. The van der Waals surface area contributed by atoms with Crippen LogP contribution in [0.3, 0.4) is 0 Å². The molecule has 122 valence electrons. The van der Waals surface area contributed by atoms with E-state index in [1.807, 2.05) is 0 Å². The molecule has 0 atom stereocenters. The van der Waals surface area contributed by atoms with E-state index in [1.165, 1.54) is 6.07 Å². The number of halogens is 4. The molecule has 8 heteroatoms. The van der Waals surface area contributed by atoms with Gasteiger partial charge in [0.15, 0.2) is 17.3 Å². The second-order valence-corrected chi connectivity index (χ2v) is 5.56. The van der Waals surface area contributed by atoms with Crippen LogP contribution in [-0.2, 0) is 0 Å². The van der Waals surface area contributed by atoms with E-state index in [0.717, 1.165) is 18.4 Å². The fraction of sp³-hybridized carbons (Fsp3) is 0. The Hall–Kier alpha value is -2.44. The average Bonchev–Trinajstić information content (AvgIpc) is 3.04. The fourth-order valence-electron chi connectivity index (χ4n) is 1.91. The third kappa shape index (κ3) is 3.39. The number of hydrogen-bond donors (Lipinski definition) is 1. The van der Waals surface area contributed by atoms with E-state index in [-0.39, 0.29) is 17.3 Å². The first-order chi connectivity index (χ1) is 11.4. The number of nitrogens with zero attached hydrogens (tertiary/aromatic N) is 1. The van der Waals surface area contributed by atoms with Crippen LogP contribution in [-0.4, -0.2) is 10.9 Å². The highest BCUT2D eigenvalue weighted by Gasteiger charge is 2.15. The molecule has 4 nitrogen and oxygen atoms in total. The van der Waals surface area contributed by atoms with Gasteiger partial charge in [0.2, 0.25) is 5.89 Å². The largest absolute Gasteiger partial charge is 0.444 e. The number of carbonyl (C=O) groups is 1. The van der Waals surface area contributed by atoms with Crippen LogP contribution in [0.1, 0.15) is 10.5 Å². The van der Waals surface area contributed by atoms with Crippen LogP contribution in [0.4, 0.5) is 14.5 Å². The molecule has 0 radical (unpaired) electrons. The van der Waals surface area contributed by atoms with Crippen molar-refractivity contribution in [1.29, 1.82) is 0 Å². The van der Waals surface area contributed by atoms with Gasteiger partial charge < -0.3 is 9.73 Å². The van der Waals surface area contributed by atoms with E-state index in [0.29, 0.717) is 15.6 Å². The molecule has 1 heterocycles. The van der Waals surface area contributed by atoms with Gasteiger partial charge in [0.25, 0.3) is 5.91 Å². The molecule has 2 aromatic carbocycles. The first kappa shape index (κ1) is 16.4. The Bertz CT molecular complexity index is 928. The molecule has 0 unspecified atom stereocenters. The summed E-state index contributed by atoms with van der Waals surface area (Å²) in [4.78, 5) is 16.1. The number of amides is 1. The molecule has 1 N–H and O–H groups in total. The molecular weight excluding hydrogens is 361 g/mol. The molecule has 0 saturated carbocycles. The molecule has 0 aliphatic carbocycles. The van der Waals surface area contributed by atoms with Crippen LogP contribution >= 0.6 is 23.2 Å². The lowest BCUT2D eigenvalue weighted by atomic mass is 10.2. The minimum Gasteiger partial charge on any atom is -0.444 e. The second kappa shape index (κ2) is 6.59. The lowest BCUT2D eigenvalue weighted by Gasteiger charge is -2.03. The Labute approximate surface area is 145 Å². The lowest BCUT2D eigenvalue weighted by molar-refractivity contribution is 0.102. The highest BCUT2D eigenvalue weighted by atomic mass is 35.5. The smallest absolute Gasteiger partial charge is 0.277 e. The molecule has 0 aliphatic rings. The van der Waals surface area contributed by atoms with Crippen molar-refractivity contribution >= 4 is 34.8 Å². The summed E-state index contributed by atoms with van der Waals surface area (Å²) >= 11 is 11.8. The zero-order valence-electron chi connectivity index (χ0n) is 11.8. The zero-order chi connectivity index (χ0) is 17.3. The van der Waals surface area contributed by atoms with Gasteiger partial charge >= 0.3 is 0 Å². The minimum atomic E-state index is -1.07. The highest BCUT2D eigenvalue weighted by Crippen LogP contribution is 2.28. The summed E-state index contributed by atoms with van der Waals surface area (Å²) in [6.45, 7) is 0. The number of hydrogen-bond acceptors (Lipinski definition) is 3. The number of anilines is 1. The molecule has 1 amide bonds. The number of carbonyl (C=O) groups excluding carboxylic acids is 1. The number of rotatable bonds is 3. The Morgan fingerprint density at radius 1 is 1.04 bits per heavy atom. The summed E-state index contributed by atoms with van der Waals surface area (Å²) in [6, 6.07) is 7.77. The summed E-state index contributed by atoms with van der Waals surface area (Å²) in [6.07, 6.45) is 1.15. The Morgan fingerprint density at radius 3 is 2.54 bits per heavy atom. The number of aromatic nitrogens is 1. The van der Waals surface area contributed by atoms with Crippen LogP contribution in [0.2, 0.25) is 10.0 Å². The van der Waals surface area contributed by atoms with Crippen molar-refractivity contribution < 1.29 is 18.0 Å². The second-order valence-electron chi connectivity index (χ2n) is 4.75. The van der Waals surface area contributed by atoms with Crippen molar-refractivity contribution in [3.8, 4) is 11.5 Å². The van der Waals surface area contributed by atoms with E-state index in [2.05, 4.69) is 10.3 Å². The summed E-state index contributed by atoms with van der Waals surface area (Å²) in [5.74, 6) is -2.53. The van der Waals surface area contributed by atoms with Gasteiger partial charge in [-0.05, 0) is 30.3 Å². The third-order valence-corrected chi connectivity index (χ3v) is 3.82. The van der Waals surface area contributed by atoms with E-state index < -0.39 is 17.5 Å². The van der Waals surface area contributed by atoms with Crippen molar-refractivity contribution in [2.24, 2.45) is 0 Å². The van der Waals surface area contributed by atoms with Gasteiger partial charge in [0.1, 0.15) is 6.26 Å². The van der Waals surface area contributed by atoms with E-state index in [4.69, 9.17) is 27.6 Å². The number of nitrogens with one attached hydrogen (secondary N) is 1. The predicted octanol–water partition coefficient (Wildman–Crippen LogP) is 5.18. The fourth-order valence-corrected chi connectivity index (χ4v) is 2.21. The third-order valence-electron chi connectivity index (χ3n) is 3.08. The molecule has 0 spiro atoms. The molecular formula is C16H8Cl2F2N2O2. The maximum Gasteiger partial charge on any atom is 0.277 e. The normalized spacial score (nSPS) is 10.7. The topological polar surface area (TPSA) is 55.1 Å². The van der Waals surface area contributed by atoms with Crippen molar-refractivity contribution in [3.63, 3.8) is 0 Å². The molecule has 0 fully saturated rings. The Balaban J connectivity index is 1.80. The summed E-state index contributed by atoms with van der Waals surface area (Å²) in [5.41, 5.74) is 0.607. The molecule has 0 bridgehead atoms. The van der Waals surface area contributed by atoms with E-state index in [1.54, 1.807) is 18.2 Å². The quantitative estimate of drug-likeness (QED) is 0.692. The van der Waals surface area contributed by atoms with Gasteiger partial charge in [-0.1, -0.05) is 23.2 Å². The van der Waals surface area contributed by atoms with Crippen molar-refractivity contribution in [2.75, 3.05) is 5.32 Å². The van der Waals surface area contributed by atoms with E-state index in [9.17, 15) is 13.6 Å². The van der Waals surface area contributed by atoms with Crippen molar-refractivity contribution in [1.82, 2.24) is 4.98 Å². The van der Waals surface area contributed by atoms with Crippen molar-refractivity contribution in [3.05, 3.63) is 70.0 Å². The first-order valence-corrected chi connectivity index (χ1v) is 7.37. The standard InChI is InChI=1S/C16H8Cl2F2N2O2/c17-10-3-1-8(5-11(10)18)16-22-14(7-24-16)15(23)21-9-2-4-12(19)13(20)6-9/h1-7H,(H,21,23). The molecule has 24 heavy (non-hydrogen) atoms. The van der Waals surface area contributed by atoms with Gasteiger partial charge in [-0.3, -0.25) is 4.79 Å². The van der Waals surface area contributed by atoms with Gasteiger partial charge in [-0.2, -0.15) is 0 Å². The monoisotopic (exact) mass is 368 g/mol. The zero-order valence-corrected chi connectivity index (χ0v) is 13.3.